The van der Waals surface area contributed by atoms with Crippen LogP contribution in [0, 0.1) is 0 Å². The smallest absolute Gasteiger partial charge is 0.367 e. The first-order valence-electron chi connectivity index (χ1n) is 7.54. The zero-order chi connectivity index (χ0) is 16.4. The molecular weight excluding hydrogens is 311 g/mol. The fourth-order valence-electron chi connectivity index (χ4n) is 3.06. The third kappa shape index (κ3) is 4.31. The first-order chi connectivity index (χ1) is 10.9. The van der Waals surface area contributed by atoms with Crippen molar-refractivity contribution in [2.45, 2.75) is 37.3 Å². The van der Waals surface area contributed by atoms with Crippen molar-refractivity contribution in [3.05, 3.63) is 35.4 Å². The molecule has 7 heteroatoms. The van der Waals surface area contributed by atoms with Gasteiger partial charge in [0.05, 0.1) is 12.2 Å². The predicted octanol–water partition coefficient (Wildman–Crippen LogP) is 2.18. The molecule has 3 rings (SSSR count). The SMILES string of the molecule is O=C(COCC(F)(F)F)Cc1ccc([C@H]2O[C@@H]3CN[C@H]2C3)cc1. The number of ketones is 1. The Morgan fingerprint density at radius 2 is 2.04 bits per heavy atom. The van der Waals surface area contributed by atoms with Crippen LogP contribution < -0.4 is 5.32 Å². The Balaban J connectivity index is 1.49. The van der Waals surface area contributed by atoms with Gasteiger partial charge in [-0.2, -0.15) is 13.2 Å². The van der Waals surface area contributed by atoms with Crippen molar-refractivity contribution in [3.63, 3.8) is 0 Å². The van der Waals surface area contributed by atoms with E-state index in [0.29, 0.717) is 6.04 Å². The minimum Gasteiger partial charge on any atom is -0.367 e. The van der Waals surface area contributed by atoms with E-state index in [2.05, 4.69) is 10.1 Å². The summed E-state index contributed by atoms with van der Waals surface area (Å²) in [6.45, 7) is -1.03. The second-order valence-electron chi connectivity index (χ2n) is 5.99. The van der Waals surface area contributed by atoms with Crippen LogP contribution in [0.3, 0.4) is 0 Å². The summed E-state index contributed by atoms with van der Waals surface area (Å²) >= 11 is 0. The van der Waals surface area contributed by atoms with E-state index in [4.69, 9.17) is 4.74 Å². The number of carbonyl (C=O) groups is 1. The molecule has 0 aromatic heterocycles. The maximum absolute atomic E-state index is 11.9. The van der Waals surface area contributed by atoms with Crippen molar-refractivity contribution < 1.29 is 27.4 Å². The van der Waals surface area contributed by atoms with E-state index in [-0.39, 0.29) is 24.4 Å². The molecule has 2 fully saturated rings. The predicted molar refractivity (Wildman–Crippen MR) is 76.0 cm³/mol. The van der Waals surface area contributed by atoms with Gasteiger partial charge in [-0.05, 0) is 17.5 Å². The molecule has 0 aliphatic carbocycles. The lowest BCUT2D eigenvalue weighted by Crippen LogP contribution is -2.33. The van der Waals surface area contributed by atoms with Gasteiger partial charge >= 0.3 is 6.18 Å². The van der Waals surface area contributed by atoms with Gasteiger partial charge in [0, 0.05) is 19.0 Å². The van der Waals surface area contributed by atoms with Crippen LogP contribution in [0.5, 0.6) is 0 Å². The van der Waals surface area contributed by atoms with E-state index in [1.165, 1.54) is 0 Å². The van der Waals surface area contributed by atoms with Crippen LogP contribution >= 0.6 is 0 Å². The van der Waals surface area contributed by atoms with Crippen LogP contribution in [0.4, 0.5) is 13.2 Å². The minimum atomic E-state index is -4.41. The van der Waals surface area contributed by atoms with Gasteiger partial charge in [-0.3, -0.25) is 4.79 Å². The summed E-state index contributed by atoms with van der Waals surface area (Å²) in [5, 5.41) is 3.40. The maximum atomic E-state index is 11.9. The number of hydrogen-bond acceptors (Lipinski definition) is 4. The number of benzene rings is 1. The molecule has 0 spiro atoms. The Kier molecular flexibility index (Phi) is 4.70. The first kappa shape index (κ1) is 16.4. The molecule has 2 aliphatic heterocycles. The van der Waals surface area contributed by atoms with Crippen molar-refractivity contribution in [2.24, 2.45) is 0 Å². The van der Waals surface area contributed by atoms with Crippen molar-refractivity contribution in [1.29, 1.82) is 0 Å². The van der Waals surface area contributed by atoms with Gasteiger partial charge in [0.2, 0.25) is 0 Å². The fraction of sp³-hybridized carbons (Fsp3) is 0.562. The molecule has 1 aromatic rings. The highest BCUT2D eigenvalue weighted by atomic mass is 19.4. The van der Waals surface area contributed by atoms with Crippen LogP contribution in [0.1, 0.15) is 23.7 Å². The highest BCUT2D eigenvalue weighted by Gasteiger charge is 2.41. The number of halogens is 3. The van der Waals surface area contributed by atoms with Gasteiger partial charge in [0.15, 0.2) is 5.78 Å². The van der Waals surface area contributed by atoms with E-state index in [1.54, 1.807) is 0 Å². The third-order valence-electron chi connectivity index (χ3n) is 4.07. The lowest BCUT2D eigenvalue weighted by atomic mass is 10.00. The van der Waals surface area contributed by atoms with Crippen molar-refractivity contribution >= 4 is 5.78 Å². The molecule has 2 bridgehead atoms. The average Bonchev–Trinajstić information content (AvgIpc) is 3.09. The summed E-state index contributed by atoms with van der Waals surface area (Å²) in [5.41, 5.74) is 1.81. The number of fused-ring (bicyclic) bond motifs is 2. The van der Waals surface area contributed by atoms with Crippen LogP contribution in [0.2, 0.25) is 0 Å². The van der Waals surface area contributed by atoms with Crippen LogP contribution in [-0.2, 0) is 20.7 Å². The van der Waals surface area contributed by atoms with Crippen LogP contribution in [0.15, 0.2) is 24.3 Å². The van der Waals surface area contributed by atoms with Crippen LogP contribution in [-0.4, -0.2) is 43.9 Å². The lowest BCUT2D eigenvalue weighted by molar-refractivity contribution is -0.175. The van der Waals surface area contributed by atoms with E-state index in [9.17, 15) is 18.0 Å². The zero-order valence-corrected chi connectivity index (χ0v) is 12.4. The summed E-state index contributed by atoms with van der Waals surface area (Å²) in [4.78, 5) is 11.6. The average molecular weight is 329 g/mol. The van der Waals surface area contributed by atoms with E-state index < -0.39 is 19.4 Å². The molecule has 2 saturated heterocycles. The van der Waals surface area contributed by atoms with Gasteiger partial charge in [0.25, 0.3) is 0 Å². The van der Waals surface area contributed by atoms with Crippen LogP contribution in [0.25, 0.3) is 0 Å². The molecule has 0 unspecified atom stereocenters. The number of carbonyl (C=O) groups excluding carboxylic acids is 1. The molecule has 4 nitrogen and oxygen atoms in total. The Hall–Kier alpha value is -1.44. The molecule has 0 radical (unpaired) electrons. The first-order valence-corrected chi connectivity index (χ1v) is 7.54. The highest BCUT2D eigenvalue weighted by molar-refractivity contribution is 5.82. The van der Waals surface area contributed by atoms with Gasteiger partial charge in [-0.1, -0.05) is 24.3 Å². The van der Waals surface area contributed by atoms with Gasteiger partial charge in [-0.15, -0.1) is 0 Å². The van der Waals surface area contributed by atoms with Gasteiger partial charge < -0.3 is 14.8 Å². The van der Waals surface area contributed by atoms with Gasteiger partial charge in [-0.25, -0.2) is 0 Å². The van der Waals surface area contributed by atoms with E-state index >= 15 is 0 Å². The largest absolute Gasteiger partial charge is 0.411 e. The summed E-state index contributed by atoms with van der Waals surface area (Å²) < 4.78 is 46.1. The van der Waals surface area contributed by atoms with Gasteiger partial charge in [0.1, 0.15) is 13.2 Å². The van der Waals surface area contributed by atoms with E-state index in [0.717, 1.165) is 24.1 Å². The fourth-order valence-corrected chi connectivity index (χ4v) is 3.06. The highest BCUT2D eigenvalue weighted by Crippen LogP contribution is 2.36. The Morgan fingerprint density at radius 1 is 1.30 bits per heavy atom. The molecule has 0 amide bonds. The molecule has 1 N–H and O–H groups in total. The number of alkyl halides is 3. The van der Waals surface area contributed by atoms with E-state index in [1.807, 2.05) is 24.3 Å². The second-order valence-corrected chi connectivity index (χ2v) is 5.99. The Bertz CT molecular complexity index is 559. The Morgan fingerprint density at radius 3 is 2.61 bits per heavy atom. The number of nitrogens with one attached hydrogen (secondary N) is 1. The molecule has 23 heavy (non-hydrogen) atoms. The standard InChI is InChI=1S/C16H18F3NO3/c17-16(18,19)9-22-8-12(21)5-10-1-3-11(4-2-10)15-14-6-13(23-15)7-20-14/h1-4,13-15,20H,5-9H2/t13-,14-,15+/m0/s1. The van der Waals surface area contributed by atoms with Crippen molar-refractivity contribution in [2.75, 3.05) is 19.8 Å². The summed E-state index contributed by atoms with van der Waals surface area (Å²) in [5.74, 6) is -0.375. The zero-order valence-electron chi connectivity index (χ0n) is 12.4. The summed E-state index contributed by atoms with van der Waals surface area (Å²) in [6.07, 6.45) is -3.02. The number of hydrogen-bond donors (Lipinski definition) is 1. The number of rotatable bonds is 6. The number of morpholine rings is 1. The lowest BCUT2D eigenvalue weighted by Gasteiger charge is -2.23. The Labute approximate surface area is 132 Å². The van der Waals surface area contributed by atoms with Crippen molar-refractivity contribution in [3.8, 4) is 0 Å². The second kappa shape index (κ2) is 6.59. The number of Topliss-reactive ketones (excluding diaryl/α,β-unsaturated/α-hetero) is 1. The molecule has 2 heterocycles. The molecular formula is C16H18F3NO3. The monoisotopic (exact) mass is 329 g/mol. The molecule has 126 valence electrons. The molecule has 3 atom stereocenters. The minimum absolute atomic E-state index is 0.0358. The topological polar surface area (TPSA) is 47.6 Å². The molecule has 0 saturated carbocycles. The molecule has 2 aliphatic rings. The normalized spacial score (nSPS) is 26.7. The maximum Gasteiger partial charge on any atom is 0.411 e. The van der Waals surface area contributed by atoms with Crippen molar-refractivity contribution in [1.82, 2.24) is 5.32 Å². The molecule has 1 aromatic carbocycles. The number of ether oxygens (including phenoxy) is 2. The summed E-state index contributed by atoms with van der Waals surface area (Å²) in [7, 11) is 0. The quantitative estimate of drug-likeness (QED) is 0.869. The third-order valence-corrected chi connectivity index (χ3v) is 4.07. The summed E-state index contributed by atoms with van der Waals surface area (Å²) in [6, 6.07) is 7.78.